The number of nitrogens with one attached hydrogen (secondary N) is 1. The van der Waals surface area contributed by atoms with Gasteiger partial charge in [-0.3, -0.25) is 10.1 Å². The highest BCUT2D eigenvalue weighted by Gasteiger charge is 2.16. The van der Waals surface area contributed by atoms with Crippen LogP contribution in [0, 0.1) is 0 Å². The summed E-state index contributed by atoms with van der Waals surface area (Å²) >= 11 is 4.83. The van der Waals surface area contributed by atoms with Crippen molar-refractivity contribution >= 4 is 38.3 Å². The number of aryl methyl sites for hydroxylation is 1. The predicted molar refractivity (Wildman–Crippen MR) is 103 cm³/mol. The average Bonchev–Trinajstić information content (AvgIpc) is 3.04. The number of rotatable bonds is 9. The lowest BCUT2D eigenvalue weighted by molar-refractivity contribution is 0.102. The van der Waals surface area contributed by atoms with Crippen molar-refractivity contribution in [1.29, 1.82) is 0 Å². The minimum atomic E-state index is -0.265. The van der Waals surface area contributed by atoms with Crippen molar-refractivity contribution in [1.82, 2.24) is 10.2 Å². The van der Waals surface area contributed by atoms with Gasteiger partial charge in [-0.2, -0.15) is 0 Å². The molecule has 1 N–H and O–H groups in total. The predicted octanol–water partition coefficient (Wildman–Crippen LogP) is 4.69. The molecule has 8 heteroatoms. The number of benzene rings is 1. The van der Waals surface area contributed by atoms with E-state index in [1.165, 1.54) is 17.8 Å². The molecule has 0 saturated carbocycles. The molecule has 1 heterocycles. The lowest BCUT2D eigenvalue weighted by atomic mass is 10.2. The van der Waals surface area contributed by atoms with Crippen LogP contribution in [0.15, 0.2) is 16.6 Å². The number of unbranched alkanes of at least 4 members (excludes halogenated alkanes) is 2. The van der Waals surface area contributed by atoms with E-state index in [9.17, 15) is 4.79 Å². The molecule has 0 saturated heterocycles. The Hall–Kier alpha value is -1.67. The summed E-state index contributed by atoms with van der Waals surface area (Å²) in [5, 5.41) is 12.4. The van der Waals surface area contributed by atoms with Crippen molar-refractivity contribution in [3.63, 3.8) is 0 Å². The Balaban J connectivity index is 2.09. The standard InChI is InChI=1S/C17H22BrN3O3S/c1-4-6-7-8-14-20-21-17(25-14)19-16(22)11-9-12(18)15(24-5-2)13(10-11)23-3/h9-10H,4-8H2,1-3H3,(H,19,21,22). The number of methoxy groups -OCH3 is 1. The number of halogens is 1. The van der Waals surface area contributed by atoms with Gasteiger partial charge in [0.25, 0.3) is 5.91 Å². The van der Waals surface area contributed by atoms with Gasteiger partial charge in [0.15, 0.2) is 11.5 Å². The van der Waals surface area contributed by atoms with Gasteiger partial charge in [-0.25, -0.2) is 0 Å². The molecule has 25 heavy (non-hydrogen) atoms. The Labute approximate surface area is 160 Å². The Kier molecular flexibility index (Phi) is 7.64. The SMILES string of the molecule is CCCCCc1nnc(NC(=O)c2cc(Br)c(OCC)c(OC)c2)s1. The van der Waals surface area contributed by atoms with Gasteiger partial charge in [0, 0.05) is 12.0 Å². The second kappa shape index (κ2) is 9.72. The summed E-state index contributed by atoms with van der Waals surface area (Å²) in [5.41, 5.74) is 0.454. The van der Waals surface area contributed by atoms with Crippen molar-refractivity contribution in [2.45, 2.75) is 39.5 Å². The van der Waals surface area contributed by atoms with Gasteiger partial charge in [0.05, 0.1) is 18.2 Å². The van der Waals surface area contributed by atoms with Gasteiger partial charge in [-0.1, -0.05) is 31.1 Å². The molecule has 0 atom stereocenters. The number of nitrogens with zero attached hydrogens (tertiary/aromatic N) is 2. The fourth-order valence-electron chi connectivity index (χ4n) is 2.24. The van der Waals surface area contributed by atoms with E-state index < -0.39 is 0 Å². The Morgan fingerprint density at radius 3 is 2.76 bits per heavy atom. The number of carbonyl (C=O) groups is 1. The highest BCUT2D eigenvalue weighted by molar-refractivity contribution is 9.10. The molecule has 2 rings (SSSR count). The quantitative estimate of drug-likeness (QED) is 0.587. The van der Waals surface area contributed by atoms with E-state index in [1.807, 2.05) is 6.92 Å². The van der Waals surface area contributed by atoms with Crippen LogP contribution in [0.25, 0.3) is 0 Å². The number of ether oxygens (including phenoxy) is 2. The minimum Gasteiger partial charge on any atom is -0.493 e. The van der Waals surface area contributed by atoms with Crippen molar-refractivity contribution < 1.29 is 14.3 Å². The lowest BCUT2D eigenvalue weighted by Gasteiger charge is -2.12. The molecular formula is C17H22BrN3O3S. The number of carbonyl (C=O) groups excluding carboxylic acids is 1. The molecule has 0 fully saturated rings. The summed E-state index contributed by atoms with van der Waals surface area (Å²) in [6.45, 7) is 4.56. The topological polar surface area (TPSA) is 73.3 Å². The third kappa shape index (κ3) is 5.40. The molecule has 2 aromatic rings. The maximum absolute atomic E-state index is 12.5. The normalized spacial score (nSPS) is 10.6. The summed E-state index contributed by atoms with van der Waals surface area (Å²) in [6.07, 6.45) is 4.31. The zero-order valence-corrected chi connectivity index (χ0v) is 17.0. The Bertz CT molecular complexity index is 721. The summed E-state index contributed by atoms with van der Waals surface area (Å²) in [7, 11) is 1.54. The molecule has 0 aliphatic carbocycles. The molecule has 0 unspecified atom stereocenters. The molecule has 0 aliphatic heterocycles. The highest BCUT2D eigenvalue weighted by atomic mass is 79.9. The van der Waals surface area contributed by atoms with Gasteiger partial charge in [0.1, 0.15) is 5.01 Å². The number of amides is 1. The van der Waals surface area contributed by atoms with Crippen molar-refractivity contribution in [2.75, 3.05) is 19.0 Å². The molecule has 0 spiro atoms. The maximum Gasteiger partial charge on any atom is 0.257 e. The van der Waals surface area contributed by atoms with Gasteiger partial charge < -0.3 is 9.47 Å². The zero-order chi connectivity index (χ0) is 18.2. The van der Waals surface area contributed by atoms with Gasteiger partial charge >= 0.3 is 0 Å². The van der Waals surface area contributed by atoms with Crippen LogP contribution in [-0.2, 0) is 6.42 Å². The molecule has 136 valence electrons. The van der Waals surface area contributed by atoms with Crippen LogP contribution in [0.4, 0.5) is 5.13 Å². The van der Waals surface area contributed by atoms with Gasteiger partial charge in [-0.05, 0) is 41.4 Å². The lowest BCUT2D eigenvalue weighted by Crippen LogP contribution is -2.12. The first-order chi connectivity index (χ1) is 12.1. The van der Waals surface area contributed by atoms with Gasteiger partial charge in [0.2, 0.25) is 5.13 Å². The second-order valence-electron chi connectivity index (χ2n) is 5.33. The Morgan fingerprint density at radius 2 is 2.08 bits per heavy atom. The molecule has 6 nitrogen and oxygen atoms in total. The summed E-state index contributed by atoms with van der Waals surface area (Å²) in [6, 6.07) is 3.35. The second-order valence-corrected chi connectivity index (χ2v) is 7.25. The van der Waals surface area contributed by atoms with Crippen LogP contribution >= 0.6 is 27.3 Å². The van der Waals surface area contributed by atoms with Crippen molar-refractivity contribution in [3.05, 3.63) is 27.2 Å². The van der Waals surface area contributed by atoms with E-state index in [0.29, 0.717) is 33.3 Å². The molecule has 0 bridgehead atoms. The molecular weight excluding hydrogens is 406 g/mol. The molecule has 1 amide bonds. The van der Waals surface area contributed by atoms with Gasteiger partial charge in [-0.15, -0.1) is 10.2 Å². The third-order valence-corrected chi connectivity index (χ3v) is 4.95. The van der Waals surface area contributed by atoms with E-state index in [2.05, 4.69) is 38.4 Å². The summed E-state index contributed by atoms with van der Waals surface area (Å²) < 4.78 is 11.5. The van der Waals surface area contributed by atoms with E-state index in [4.69, 9.17) is 9.47 Å². The van der Waals surface area contributed by atoms with E-state index in [1.54, 1.807) is 19.2 Å². The molecule has 0 radical (unpaired) electrons. The number of hydrogen-bond donors (Lipinski definition) is 1. The highest BCUT2D eigenvalue weighted by Crippen LogP contribution is 2.36. The first-order valence-corrected chi connectivity index (χ1v) is 9.84. The maximum atomic E-state index is 12.5. The van der Waals surface area contributed by atoms with Crippen LogP contribution < -0.4 is 14.8 Å². The average molecular weight is 428 g/mol. The van der Waals surface area contributed by atoms with Crippen LogP contribution in [0.5, 0.6) is 11.5 Å². The van der Waals surface area contributed by atoms with Crippen molar-refractivity contribution in [2.24, 2.45) is 0 Å². The Morgan fingerprint density at radius 1 is 1.28 bits per heavy atom. The third-order valence-electron chi connectivity index (χ3n) is 3.46. The number of aromatic nitrogens is 2. The van der Waals surface area contributed by atoms with E-state index >= 15 is 0 Å². The zero-order valence-electron chi connectivity index (χ0n) is 14.6. The monoisotopic (exact) mass is 427 g/mol. The molecule has 1 aromatic heterocycles. The first kappa shape index (κ1) is 19.7. The van der Waals surface area contributed by atoms with Crippen molar-refractivity contribution in [3.8, 4) is 11.5 Å². The minimum absolute atomic E-state index is 0.265. The number of hydrogen-bond acceptors (Lipinski definition) is 6. The molecule has 0 aliphatic rings. The largest absolute Gasteiger partial charge is 0.493 e. The number of anilines is 1. The van der Waals surface area contributed by atoms with Crippen LogP contribution in [0.1, 0.15) is 48.5 Å². The van der Waals surface area contributed by atoms with E-state index in [0.717, 1.165) is 24.3 Å². The summed E-state index contributed by atoms with van der Waals surface area (Å²) in [5.74, 6) is 0.813. The fraction of sp³-hybridized carbons (Fsp3) is 0.471. The van der Waals surface area contributed by atoms with Crippen LogP contribution in [0.2, 0.25) is 0 Å². The molecule has 1 aromatic carbocycles. The van der Waals surface area contributed by atoms with E-state index in [-0.39, 0.29) is 5.91 Å². The van der Waals surface area contributed by atoms with Crippen LogP contribution in [-0.4, -0.2) is 29.8 Å². The fourth-order valence-corrected chi connectivity index (χ4v) is 3.57. The first-order valence-electron chi connectivity index (χ1n) is 8.23. The smallest absolute Gasteiger partial charge is 0.257 e. The summed E-state index contributed by atoms with van der Waals surface area (Å²) in [4.78, 5) is 12.5. The van der Waals surface area contributed by atoms with Crippen LogP contribution in [0.3, 0.4) is 0 Å².